The maximum atomic E-state index is 6.17. The van der Waals surface area contributed by atoms with Crippen LogP contribution in [0.5, 0.6) is 5.75 Å². The van der Waals surface area contributed by atoms with Crippen molar-refractivity contribution in [3.8, 4) is 5.75 Å². The van der Waals surface area contributed by atoms with E-state index in [-0.39, 0.29) is 18.2 Å². The second kappa shape index (κ2) is 4.07. The minimum absolute atomic E-state index is 0.0825. The molecule has 1 aromatic rings. The Morgan fingerprint density at radius 3 is 2.88 bits per heavy atom. The van der Waals surface area contributed by atoms with Gasteiger partial charge in [-0.05, 0) is 18.9 Å². The number of ether oxygens (including phenoxy) is 2. The lowest BCUT2D eigenvalue weighted by molar-refractivity contribution is -0.00194. The van der Waals surface area contributed by atoms with Crippen LogP contribution in [0.1, 0.15) is 30.9 Å². The van der Waals surface area contributed by atoms with E-state index >= 15 is 0 Å². The maximum absolute atomic E-state index is 6.17. The Morgan fingerprint density at radius 1 is 1.19 bits per heavy atom. The van der Waals surface area contributed by atoms with Gasteiger partial charge in [0.05, 0.1) is 6.10 Å². The Bertz CT molecular complexity index is 374. The lowest BCUT2D eigenvalue weighted by atomic mass is 9.94. The van der Waals surface area contributed by atoms with Crippen LogP contribution in [0.25, 0.3) is 0 Å². The molecular weight excluding hydrogens is 202 g/mol. The summed E-state index contributed by atoms with van der Waals surface area (Å²) in [6.45, 7) is 0.863. The molecule has 3 unspecified atom stereocenters. The third-order valence-corrected chi connectivity index (χ3v) is 3.46. The van der Waals surface area contributed by atoms with Gasteiger partial charge in [0.2, 0.25) is 0 Å². The second-order valence-corrected chi connectivity index (χ2v) is 4.59. The van der Waals surface area contributed by atoms with Crippen LogP contribution in [0.2, 0.25) is 0 Å². The van der Waals surface area contributed by atoms with Gasteiger partial charge in [-0.25, -0.2) is 0 Å². The summed E-state index contributed by atoms with van der Waals surface area (Å²) in [7, 11) is 0. The van der Waals surface area contributed by atoms with Gasteiger partial charge in [0.1, 0.15) is 11.9 Å². The zero-order valence-corrected chi connectivity index (χ0v) is 9.26. The minimum atomic E-state index is 0.0825. The molecule has 2 heterocycles. The summed E-state index contributed by atoms with van der Waals surface area (Å²) in [4.78, 5) is 0. The molecule has 3 nitrogen and oxygen atoms in total. The molecule has 0 amide bonds. The first kappa shape index (κ1) is 10.1. The van der Waals surface area contributed by atoms with Gasteiger partial charge in [0.15, 0.2) is 0 Å². The Balaban J connectivity index is 1.83. The topological polar surface area (TPSA) is 44.5 Å². The Kier molecular flexibility index (Phi) is 2.58. The van der Waals surface area contributed by atoms with E-state index in [9.17, 15) is 0 Å². The molecule has 2 N–H and O–H groups in total. The van der Waals surface area contributed by atoms with Crippen LogP contribution in [0.3, 0.4) is 0 Å². The predicted molar refractivity (Wildman–Crippen MR) is 61.4 cm³/mol. The van der Waals surface area contributed by atoms with Crippen molar-refractivity contribution in [2.24, 2.45) is 5.73 Å². The standard InChI is InChI=1S/C13H17NO2/c14-10-8-13(12-6-3-7-15-12)16-11-5-2-1-4-9(10)11/h1-2,4-5,10,12-13H,3,6-8,14H2. The molecule has 0 aliphatic carbocycles. The van der Waals surface area contributed by atoms with Gasteiger partial charge in [-0.2, -0.15) is 0 Å². The lowest BCUT2D eigenvalue weighted by Crippen LogP contribution is -2.38. The molecule has 3 atom stereocenters. The summed E-state index contributed by atoms with van der Waals surface area (Å²) in [5, 5.41) is 0. The molecule has 1 fully saturated rings. The maximum Gasteiger partial charge on any atom is 0.127 e. The molecule has 3 rings (SSSR count). The number of fused-ring (bicyclic) bond motifs is 1. The zero-order valence-electron chi connectivity index (χ0n) is 9.26. The van der Waals surface area contributed by atoms with E-state index in [2.05, 4.69) is 0 Å². The highest BCUT2D eigenvalue weighted by atomic mass is 16.5. The average molecular weight is 219 g/mol. The van der Waals surface area contributed by atoms with Crippen LogP contribution < -0.4 is 10.5 Å². The van der Waals surface area contributed by atoms with E-state index in [0.717, 1.165) is 37.2 Å². The van der Waals surface area contributed by atoms with Crippen molar-refractivity contribution in [2.75, 3.05) is 6.61 Å². The summed E-state index contributed by atoms with van der Waals surface area (Å²) < 4.78 is 11.7. The van der Waals surface area contributed by atoms with E-state index < -0.39 is 0 Å². The highest BCUT2D eigenvalue weighted by Gasteiger charge is 2.33. The minimum Gasteiger partial charge on any atom is -0.487 e. The third-order valence-electron chi connectivity index (χ3n) is 3.46. The largest absolute Gasteiger partial charge is 0.487 e. The van der Waals surface area contributed by atoms with Gasteiger partial charge < -0.3 is 15.2 Å². The lowest BCUT2D eigenvalue weighted by Gasteiger charge is -2.33. The SMILES string of the molecule is NC1CC(C2CCCO2)Oc2ccccc21. The monoisotopic (exact) mass is 219 g/mol. The fourth-order valence-corrected chi connectivity index (χ4v) is 2.61. The molecule has 0 bridgehead atoms. The number of hydrogen-bond donors (Lipinski definition) is 1. The predicted octanol–water partition coefficient (Wildman–Crippen LogP) is 2.02. The van der Waals surface area contributed by atoms with Crippen LogP contribution >= 0.6 is 0 Å². The number of nitrogens with two attached hydrogens (primary N) is 1. The van der Waals surface area contributed by atoms with Crippen molar-refractivity contribution in [1.29, 1.82) is 0 Å². The molecule has 0 radical (unpaired) electrons. The van der Waals surface area contributed by atoms with Gasteiger partial charge in [0.25, 0.3) is 0 Å². The Labute approximate surface area is 95.5 Å². The van der Waals surface area contributed by atoms with Crippen LogP contribution in [-0.4, -0.2) is 18.8 Å². The zero-order chi connectivity index (χ0) is 11.0. The molecule has 1 aromatic carbocycles. The van der Waals surface area contributed by atoms with Crippen molar-refractivity contribution in [3.05, 3.63) is 29.8 Å². The molecule has 16 heavy (non-hydrogen) atoms. The number of rotatable bonds is 1. The highest BCUT2D eigenvalue weighted by molar-refractivity contribution is 5.37. The summed E-state index contributed by atoms with van der Waals surface area (Å²) in [5.74, 6) is 0.932. The molecule has 0 saturated carbocycles. The Morgan fingerprint density at radius 2 is 2.06 bits per heavy atom. The van der Waals surface area contributed by atoms with E-state index in [1.807, 2.05) is 24.3 Å². The van der Waals surface area contributed by atoms with Crippen molar-refractivity contribution >= 4 is 0 Å². The van der Waals surface area contributed by atoms with Crippen LogP contribution in [0.15, 0.2) is 24.3 Å². The summed E-state index contributed by atoms with van der Waals surface area (Å²) >= 11 is 0. The second-order valence-electron chi connectivity index (χ2n) is 4.59. The summed E-state index contributed by atoms with van der Waals surface area (Å²) in [5.41, 5.74) is 7.29. The fraction of sp³-hybridized carbons (Fsp3) is 0.538. The smallest absolute Gasteiger partial charge is 0.127 e. The number of benzene rings is 1. The van der Waals surface area contributed by atoms with Crippen molar-refractivity contribution in [1.82, 2.24) is 0 Å². The van der Waals surface area contributed by atoms with E-state index in [1.165, 1.54) is 0 Å². The first-order valence-corrected chi connectivity index (χ1v) is 5.97. The molecule has 0 spiro atoms. The van der Waals surface area contributed by atoms with Gasteiger partial charge in [-0.15, -0.1) is 0 Å². The quantitative estimate of drug-likeness (QED) is 0.786. The van der Waals surface area contributed by atoms with Gasteiger partial charge in [-0.1, -0.05) is 18.2 Å². The fourth-order valence-electron chi connectivity index (χ4n) is 2.61. The molecule has 0 aromatic heterocycles. The van der Waals surface area contributed by atoms with E-state index in [0.29, 0.717) is 0 Å². The van der Waals surface area contributed by atoms with Crippen molar-refractivity contribution in [2.45, 2.75) is 37.5 Å². The number of hydrogen-bond acceptors (Lipinski definition) is 3. The third kappa shape index (κ3) is 1.70. The molecule has 1 saturated heterocycles. The first-order chi connectivity index (χ1) is 7.84. The summed E-state index contributed by atoms with van der Waals surface area (Å²) in [6.07, 6.45) is 3.47. The van der Waals surface area contributed by atoms with E-state index in [4.69, 9.17) is 15.2 Å². The van der Waals surface area contributed by atoms with Crippen LogP contribution in [0.4, 0.5) is 0 Å². The van der Waals surface area contributed by atoms with Crippen LogP contribution in [-0.2, 0) is 4.74 Å². The van der Waals surface area contributed by atoms with E-state index in [1.54, 1.807) is 0 Å². The molecular formula is C13H17NO2. The molecule has 86 valence electrons. The first-order valence-electron chi connectivity index (χ1n) is 5.97. The summed E-state index contributed by atoms with van der Waals surface area (Å²) in [6, 6.07) is 8.12. The average Bonchev–Trinajstić information content (AvgIpc) is 2.82. The molecule has 3 heteroatoms. The normalized spacial score (nSPS) is 33.2. The highest BCUT2D eigenvalue weighted by Crippen LogP contribution is 2.36. The van der Waals surface area contributed by atoms with Gasteiger partial charge in [-0.3, -0.25) is 0 Å². The molecule has 2 aliphatic heterocycles. The van der Waals surface area contributed by atoms with Crippen molar-refractivity contribution in [3.63, 3.8) is 0 Å². The Hall–Kier alpha value is -1.06. The van der Waals surface area contributed by atoms with Gasteiger partial charge in [0, 0.05) is 24.6 Å². The van der Waals surface area contributed by atoms with Gasteiger partial charge >= 0.3 is 0 Å². The molecule has 2 aliphatic rings. The number of para-hydroxylation sites is 1. The van der Waals surface area contributed by atoms with Crippen molar-refractivity contribution < 1.29 is 9.47 Å². The van der Waals surface area contributed by atoms with Crippen LogP contribution in [0, 0.1) is 0 Å².